The second-order valence-electron chi connectivity index (χ2n) is 6.02. The molecule has 22 heavy (non-hydrogen) atoms. The number of hydrogen-bond acceptors (Lipinski definition) is 4. The van der Waals surface area contributed by atoms with Gasteiger partial charge in [-0.15, -0.1) is 12.4 Å². The minimum atomic E-state index is -3.28. The largest absolute Gasteiger partial charge is 0.338 e. The molecule has 1 aromatic carbocycles. The molecule has 2 heterocycles. The van der Waals surface area contributed by atoms with E-state index in [4.69, 9.17) is 0 Å². The molecule has 3 rings (SSSR count). The summed E-state index contributed by atoms with van der Waals surface area (Å²) in [4.78, 5) is 14.6. The van der Waals surface area contributed by atoms with Gasteiger partial charge in [0.05, 0.1) is 4.90 Å². The number of amides is 1. The molecule has 2 aliphatic rings. The molecule has 1 N–H and O–H groups in total. The zero-order valence-electron chi connectivity index (χ0n) is 12.5. The van der Waals surface area contributed by atoms with Gasteiger partial charge in [0, 0.05) is 24.9 Å². The van der Waals surface area contributed by atoms with Crippen LogP contribution in [0.3, 0.4) is 0 Å². The number of carbonyl (C=O) groups is 1. The van der Waals surface area contributed by atoms with Crippen molar-refractivity contribution in [2.24, 2.45) is 11.8 Å². The summed E-state index contributed by atoms with van der Waals surface area (Å²) in [6.07, 6.45) is 2.18. The first kappa shape index (κ1) is 17.2. The van der Waals surface area contributed by atoms with Gasteiger partial charge in [0.1, 0.15) is 0 Å². The second kappa shape index (κ2) is 6.56. The van der Waals surface area contributed by atoms with E-state index >= 15 is 0 Å². The minimum Gasteiger partial charge on any atom is -0.338 e. The molecule has 0 bridgehead atoms. The van der Waals surface area contributed by atoms with Gasteiger partial charge in [0.2, 0.25) is 0 Å². The SMILES string of the molecule is CS(=O)(=O)c1cccc(C(=O)N2CCC3CNCC3C2)c1.Cl. The average molecular weight is 345 g/mol. The first-order valence-corrected chi connectivity index (χ1v) is 9.14. The molecule has 0 spiro atoms. The van der Waals surface area contributed by atoms with Crippen LogP contribution in [0, 0.1) is 11.8 Å². The molecule has 0 aromatic heterocycles. The highest BCUT2D eigenvalue weighted by Crippen LogP contribution is 2.27. The molecule has 2 fully saturated rings. The highest BCUT2D eigenvalue weighted by Gasteiger charge is 2.34. The lowest BCUT2D eigenvalue weighted by atomic mass is 9.88. The summed E-state index contributed by atoms with van der Waals surface area (Å²) >= 11 is 0. The van der Waals surface area contributed by atoms with E-state index in [0.29, 0.717) is 17.4 Å². The number of piperidine rings is 1. The number of nitrogens with one attached hydrogen (secondary N) is 1. The van der Waals surface area contributed by atoms with Gasteiger partial charge in [-0.1, -0.05) is 6.07 Å². The topological polar surface area (TPSA) is 66.5 Å². The van der Waals surface area contributed by atoms with Crippen molar-refractivity contribution in [3.8, 4) is 0 Å². The average Bonchev–Trinajstić information content (AvgIpc) is 2.93. The fourth-order valence-electron chi connectivity index (χ4n) is 3.26. The molecule has 1 amide bonds. The van der Waals surface area contributed by atoms with E-state index in [2.05, 4.69) is 5.32 Å². The molecule has 7 heteroatoms. The third-order valence-corrected chi connectivity index (χ3v) is 5.61. The van der Waals surface area contributed by atoms with Gasteiger partial charge >= 0.3 is 0 Å². The lowest BCUT2D eigenvalue weighted by Crippen LogP contribution is -2.43. The Bertz CT molecular complexity index is 663. The Kier molecular flexibility index (Phi) is 5.14. The Morgan fingerprint density at radius 3 is 2.73 bits per heavy atom. The monoisotopic (exact) mass is 344 g/mol. The molecule has 0 radical (unpaired) electrons. The Balaban J connectivity index is 0.00000176. The Morgan fingerprint density at radius 2 is 2.00 bits per heavy atom. The van der Waals surface area contributed by atoms with Crippen molar-refractivity contribution < 1.29 is 13.2 Å². The fraction of sp³-hybridized carbons (Fsp3) is 0.533. The maximum absolute atomic E-state index is 12.6. The van der Waals surface area contributed by atoms with E-state index in [1.54, 1.807) is 12.1 Å². The van der Waals surface area contributed by atoms with Gasteiger partial charge in [0.25, 0.3) is 5.91 Å². The lowest BCUT2D eigenvalue weighted by molar-refractivity contribution is 0.0642. The third-order valence-electron chi connectivity index (χ3n) is 4.50. The second-order valence-corrected chi connectivity index (χ2v) is 8.03. The number of halogens is 1. The van der Waals surface area contributed by atoms with Crippen LogP contribution in [0.2, 0.25) is 0 Å². The normalized spacial score (nSPS) is 24.5. The highest BCUT2D eigenvalue weighted by molar-refractivity contribution is 7.90. The number of carbonyl (C=O) groups excluding carboxylic acids is 1. The molecule has 0 aliphatic carbocycles. The van der Waals surface area contributed by atoms with Crippen molar-refractivity contribution in [1.29, 1.82) is 0 Å². The summed E-state index contributed by atoms with van der Waals surface area (Å²) < 4.78 is 23.2. The van der Waals surface area contributed by atoms with Gasteiger partial charge in [-0.2, -0.15) is 0 Å². The maximum atomic E-state index is 12.6. The van der Waals surface area contributed by atoms with Gasteiger partial charge in [-0.05, 0) is 49.5 Å². The number of nitrogens with zero attached hydrogens (tertiary/aromatic N) is 1. The molecule has 122 valence electrons. The van der Waals surface area contributed by atoms with Crippen LogP contribution < -0.4 is 5.32 Å². The quantitative estimate of drug-likeness (QED) is 0.875. The Labute approximate surface area is 137 Å². The summed E-state index contributed by atoms with van der Waals surface area (Å²) in [5, 5.41) is 3.38. The zero-order valence-corrected chi connectivity index (χ0v) is 14.1. The van der Waals surface area contributed by atoms with Crippen LogP contribution in [0.25, 0.3) is 0 Å². The lowest BCUT2D eigenvalue weighted by Gasteiger charge is -2.34. The molecule has 5 nitrogen and oxygen atoms in total. The van der Waals surface area contributed by atoms with Crippen LogP contribution in [0.4, 0.5) is 0 Å². The number of benzene rings is 1. The minimum absolute atomic E-state index is 0. The summed E-state index contributed by atoms with van der Waals surface area (Å²) in [6.45, 7) is 3.54. The number of likely N-dealkylation sites (tertiary alicyclic amines) is 1. The van der Waals surface area contributed by atoms with E-state index in [0.717, 1.165) is 38.9 Å². The van der Waals surface area contributed by atoms with Gasteiger partial charge in [-0.3, -0.25) is 4.79 Å². The molecule has 2 atom stereocenters. The zero-order chi connectivity index (χ0) is 15.0. The van der Waals surface area contributed by atoms with E-state index in [9.17, 15) is 13.2 Å². The number of hydrogen-bond donors (Lipinski definition) is 1. The van der Waals surface area contributed by atoms with Crippen LogP contribution in [0.15, 0.2) is 29.2 Å². The Morgan fingerprint density at radius 1 is 1.27 bits per heavy atom. The van der Waals surface area contributed by atoms with Crippen molar-refractivity contribution in [3.63, 3.8) is 0 Å². The van der Waals surface area contributed by atoms with E-state index in [-0.39, 0.29) is 23.2 Å². The molecular formula is C15H21ClN2O3S. The Hall–Kier alpha value is -1.11. The first-order valence-electron chi connectivity index (χ1n) is 7.25. The number of sulfone groups is 1. The predicted molar refractivity (Wildman–Crippen MR) is 87.2 cm³/mol. The van der Waals surface area contributed by atoms with Crippen molar-refractivity contribution in [2.75, 3.05) is 32.4 Å². The van der Waals surface area contributed by atoms with E-state index in [1.807, 2.05) is 4.90 Å². The van der Waals surface area contributed by atoms with Crippen molar-refractivity contribution >= 4 is 28.2 Å². The van der Waals surface area contributed by atoms with Gasteiger partial charge in [-0.25, -0.2) is 8.42 Å². The van der Waals surface area contributed by atoms with Crippen molar-refractivity contribution in [1.82, 2.24) is 10.2 Å². The van der Waals surface area contributed by atoms with Crippen molar-refractivity contribution in [2.45, 2.75) is 11.3 Å². The fourth-order valence-corrected chi connectivity index (χ4v) is 3.93. The summed E-state index contributed by atoms with van der Waals surface area (Å²) in [6, 6.07) is 6.33. The standard InChI is InChI=1S/C15H20N2O3S.ClH/c1-21(19,20)14-4-2-3-11(7-14)15(18)17-6-5-12-8-16-9-13(12)10-17;/h2-4,7,12-13,16H,5-6,8-10H2,1H3;1H. The molecule has 1 aromatic rings. The molecule has 0 saturated carbocycles. The van der Waals surface area contributed by atoms with Crippen LogP contribution in [0.5, 0.6) is 0 Å². The molecule has 2 unspecified atom stereocenters. The first-order chi connectivity index (χ1) is 9.95. The summed E-state index contributed by atoms with van der Waals surface area (Å²) in [5.41, 5.74) is 0.460. The number of fused-ring (bicyclic) bond motifs is 1. The third kappa shape index (κ3) is 3.45. The van der Waals surface area contributed by atoms with Gasteiger partial charge < -0.3 is 10.2 Å². The summed E-state index contributed by atoms with van der Waals surface area (Å²) in [7, 11) is -3.28. The predicted octanol–water partition coefficient (Wildman–Crippen LogP) is 1.19. The smallest absolute Gasteiger partial charge is 0.253 e. The maximum Gasteiger partial charge on any atom is 0.253 e. The number of rotatable bonds is 2. The van der Waals surface area contributed by atoms with E-state index < -0.39 is 9.84 Å². The van der Waals surface area contributed by atoms with Crippen LogP contribution >= 0.6 is 12.4 Å². The van der Waals surface area contributed by atoms with Gasteiger partial charge in [0.15, 0.2) is 9.84 Å². The van der Waals surface area contributed by atoms with E-state index in [1.165, 1.54) is 12.1 Å². The highest BCUT2D eigenvalue weighted by atomic mass is 35.5. The van der Waals surface area contributed by atoms with Crippen LogP contribution in [-0.2, 0) is 9.84 Å². The van der Waals surface area contributed by atoms with Crippen molar-refractivity contribution in [3.05, 3.63) is 29.8 Å². The molecular weight excluding hydrogens is 324 g/mol. The molecule has 2 saturated heterocycles. The van der Waals surface area contributed by atoms with Crippen LogP contribution in [-0.4, -0.2) is 51.7 Å². The van der Waals surface area contributed by atoms with Crippen LogP contribution in [0.1, 0.15) is 16.8 Å². The molecule has 2 aliphatic heterocycles. The summed E-state index contributed by atoms with van der Waals surface area (Å²) in [5.74, 6) is 1.14.